The lowest BCUT2D eigenvalue weighted by Crippen LogP contribution is -2.52. The number of hydrogen-bond donors (Lipinski definition) is 1. The highest BCUT2D eigenvalue weighted by Crippen LogP contribution is 2.26. The first-order valence-electron chi connectivity index (χ1n) is 8.56. The Balaban J connectivity index is 1.67. The van der Waals surface area contributed by atoms with Crippen LogP contribution in [0.4, 0.5) is 0 Å². The molecular formula is C18H24N2O4S. The molecule has 1 unspecified atom stereocenters. The molecule has 6 nitrogen and oxygen atoms in total. The summed E-state index contributed by atoms with van der Waals surface area (Å²) in [5, 5.41) is 2.75. The fourth-order valence-corrected chi connectivity index (χ4v) is 5.11. The molecule has 25 heavy (non-hydrogen) atoms. The van der Waals surface area contributed by atoms with Crippen molar-refractivity contribution in [2.24, 2.45) is 5.41 Å². The minimum Gasteiger partial charge on any atom is -0.351 e. The fraction of sp³-hybridized carbons (Fsp3) is 0.556. The second-order valence-electron chi connectivity index (χ2n) is 7.44. The van der Waals surface area contributed by atoms with Crippen LogP contribution in [0.2, 0.25) is 0 Å². The largest absolute Gasteiger partial charge is 0.351 e. The van der Waals surface area contributed by atoms with Crippen LogP contribution in [-0.2, 0) is 32.4 Å². The van der Waals surface area contributed by atoms with Crippen LogP contribution in [0, 0.1) is 5.41 Å². The van der Waals surface area contributed by atoms with Gasteiger partial charge in [-0.05, 0) is 37.8 Å². The Kier molecular flexibility index (Phi) is 4.62. The summed E-state index contributed by atoms with van der Waals surface area (Å²) >= 11 is 0. The smallest absolute Gasteiger partial charge is 0.238 e. The van der Waals surface area contributed by atoms with Gasteiger partial charge in [-0.2, -0.15) is 0 Å². The summed E-state index contributed by atoms with van der Waals surface area (Å²) < 4.78 is 23.1. The Hall–Kier alpha value is -1.89. The Labute approximate surface area is 148 Å². The van der Waals surface area contributed by atoms with E-state index in [1.807, 2.05) is 18.2 Å². The first-order valence-corrected chi connectivity index (χ1v) is 10.4. The van der Waals surface area contributed by atoms with Gasteiger partial charge in [0.05, 0.1) is 11.5 Å². The Morgan fingerprint density at radius 3 is 2.52 bits per heavy atom. The van der Waals surface area contributed by atoms with Crippen molar-refractivity contribution in [2.45, 2.75) is 39.3 Å². The van der Waals surface area contributed by atoms with Gasteiger partial charge in [-0.3, -0.25) is 9.59 Å². The van der Waals surface area contributed by atoms with Crippen LogP contribution in [0.5, 0.6) is 0 Å². The summed E-state index contributed by atoms with van der Waals surface area (Å²) in [6, 6.07) is 7.61. The first kappa shape index (κ1) is 17.9. The SMILES string of the molecule is CC(C)(C(=O)NC1CCS(=O)(=O)C1)C(=O)N1CCc2ccccc2C1. The molecule has 2 aliphatic rings. The van der Waals surface area contributed by atoms with E-state index < -0.39 is 27.2 Å². The van der Waals surface area contributed by atoms with Crippen molar-refractivity contribution in [3.63, 3.8) is 0 Å². The average Bonchev–Trinajstić information content (AvgIpc) is 2.92. The van der Waals surface area contributed by atoms with E-state index in [9.17, 15) is 18.0 Å². The molecule has 7 heteroatoms. The van der Waals surface area contributed by atoms with Crippen LogP contribution in [0.3, 0.4) is 0 Å². The van der Waals surface area contributed by atoms with E-state index in [1.165, 1.54) is 5.56 Å². The molecule has 136 valence electrons. The minimum absolute atomic E-state index is 0.0416. The van der Waals surface area contributed by atoms with Crippen molar-refractivity contribution in [3.8, 4) is 0 Å². The third kappa shape index (κ3) is 3.71. The number of nitrogens with zero attached hydrogens (tertiary/aromatic N) is 1. The minimum atomic E-state index is -3.07. The summed E-state index contributed by atoms with van der Waals surface area (Å²) in [6.07, 6.45) is 1.19. The number of fused-ring (bicyclic) bond motifs is 1. The Morgan fingerprint density at radius 1 is 1.20 bits per heavy atom. The lowest BCUT2D eigenvalue weighted by molar-refractivity contribution is -0.149. The van der Waals surface area contributed by atoms with E-state index in [0.717, 1.165) is 12.0 Å². The van der Waals surface area contributed by atoms with Gasteiger partial charge in [0.1, 0.15) is 5.41 Å². The molecule has 0 bridgehead atoms. The quantitative estimate of drug-likeness (QED) is 0.808. The van der Waals surface area contributed by atoms with Gasteiger partial charge in [0.25, 0.3) is 0 Å². The van der Waals surface area contributed by atoms with Crippen LogP contribution in [-0.4, -0.2) is 49.2 Å². The zero-order valence-electron chi connectivity index (χ0n) is 14.6. The zero-order chi connectivity index (χ0) is 18.2. The maximum atomic E-state index is 12.9. The third-order valence-electron chi connectivity index (χ3n) is 5.09. The molecule has 0 aliphatic carbocycles. The molecule has 0 aromatic heterocycles. The molecule has 1 fully saturated rings. The van der Waals surface area contributed by atoms with E-state index >= 15 is 0 Å². The molecule has 1 saturated heterocycles. The standard InChI is InChI=1S/C18H24N2O4S/c1-18(2,16(21)19-15-8-10-25(23,24)12-15)17(22)20-9-7-13-5-3-4-6-14(13)11-20/h3-6,15H,7-12H2,1-2H3,(H,19,21). The fourth-order valence-electron chi connectivity index (χ4n) is 3.44. The number of nitrogens with one attached hydrogen (secondary N) is 1. The van der Waals surface area contributed by atoms with Gasteiger partial charge in [0.15, 0.2) is 9.84 Å². The maximum absolute atomic E-state index is 12.9. The Morgan fingerprint density at radius 2 is 1.88 bits per heavy atom. The van der Waals surface area contributed by atoms with Crippen LogP contribution < -0.4 is 5.32 Å². The summed E-state index contributed by atoms with van der Waals surface area (Å²) in [4.78, 5) is 27.2. The van der Waals surface area contributed by atoms with E-state index in [0.29, 0.717) is 19.5 Å². The molecule has 3 rings (SSSR count). The zero-order valence-corrected chi connectivity index (χ0v) is 15.4. The van der Waals surface area contributed by atoms with Crippen LogP contribution in [0.25, 0.3) is 0 Å². The van der Waals surface area contributed by atoms with Crippen LogP contribution in [0.15, 0.2) is 24.3 Å². The molecule has 1 atom stereocenters. The van der Waals surface area contributed by atoms with Gasteiger partial charge < -0.3 is 10.2 Å². The summed E-state index contributed by atoms with van der Waals surface area (Å²) in [5.74, 6) is -0.575. The number of sulfone groups is 1. The van der Waals surface area contributed by atoms with Crippen molar-refractivity contribution in [2.75, 3.05) is 18.1 Å². The van der Waals surface area contributed by atoms with E-state index in [1.54, 1.807) is 18.7 Å². The normalized spacial score (nSPS) is 22.3. The Bertz CT molecular complexity index is 801. The van der Waals surface area contributed by atoms with Crippen molar-refractivity contribution in [1.29, 1.82) is 0 Å². The highest BCUT2D eigenvalue weighted by molar-refractivity contribution is 7.91. The van der Waals surface area contributed by atoms with Gasteiger partial charge in [-0.1, -0.05) is 24.3 Å². The van der Waals surface area contributed by atoms with Gasteiger partial charge in [0.2, 0.25) is 11.8 Å². The van der Waals surface area contributed by atoms with E-state index in [-0.39, 0.29) is 17.4 Å². The highest BCUT2D eigenvalue weighted by Gasteiger charge is 2.41. The second-order valence-corrected chi connectivity index (χ2v) is 9.67. The van der Waals surface area contributed by atoms with Crippen LogP contribution in [0.1, 0.15) is 31.4 Å². The molecule has 2 aliphatic heterocycles. The van der Waals surface area contributed by atoms with Gasteiger partial charge in [0, 0.05) is 19.1 Å². The lowest BCUT2D eigenvalue weighted by Gasteiger charge is -2.35. The predicted molar refractivity (Wildman–Crippen MR) is 94.5 cm³/mol. The molecule has 2 amide bonds. The van der Waals surface area contributed by atoms with Crippen molar-refractivity contribution in [1.82, 2.24) is 10.2 Å². The number of rotatable bonds is 3. The van der Waals surface area contributed by atoms with Crippen molar-refractivity contribution in [3.05, 3.63) is 35.4 Å². The molecule has 1 N–H and O–H groups in total. The van der Waals surface area contributed by atoms with Crippen LogP contribution >= 0.6 is 0 Å². The van der Waals surface area contributed by atoms with Crippen molar-refractivity contribution >= 4 is 21.7 Å². The molecule has 0 saturated carbocycles. The average molecular weight is 364 g/mol. The number of amides is 2. The lowest BCUT2D eigenvalue weighted by atomic mass is 9.88. The summed E-state index contributed by atoms with van der Waals surface area (Å²) in [7, 11) is -3.07. The molecule has 1 aromatic rings. The molecule has 1 aromatic carbocycles. The number of benzene rings is 1. The summed E-state index contributed by atoms with van der Waals surface area (Å²) in [5.41, 5.74) is 1.13. The number of hydrogen-bond acceptors (Lipinski definition) is 4. The molecular weight excluding hydrogens is 340 g/mol. The monoisotopic (exact) mass is 364 g/mol. The molecule has 2 heterocycles. The molecule has 0 radical (unpaired) electrons. The molecule has 0 spiro atoms. The predicted octanol–water partition coefficient (Wildman–Crippen LogP) is 0.901. The van der Waals surface area contributed by atoms with Gasteiger partial charge >= 0.3 is 0 Å². The highest BCUT2D eigenvalue weighted by atomic mass is 32.2. The van der Waals surface area contributed by atoms with Gasteiger partial charge in [-0.15, -0.1) is 0 Å². The number of carbonyl (C=O) groups excluding carboxylic acids is 2. The summed E-state index contributed by atoms with van der Waals surface area (Å²) in [6.45, 7) is 4.30. The maximum Gasteiger partial charge on any atom is 0.238 e. The van der Waals surface area contributed by atoms with Crippen molar-refractivity contribution < 1.29 is 18.0 Å². The van der Waals surface area contributed by atoms with E-state index in [4.69, 9.17) is 0 Å². The topological polar surface area (TPSA) is 83.5 Å². The van der Waals surface area contributed by atoms with E-state index in [2.05, 4.69) is 11.4 Å². The second kappa shape index (κ2) is 6.44. The third-order valence-corrected chi connectivity index (χ3v) is 6.86. The first-order chi connectivity index (χ1) is 11.7. The van der Waals surface area contributed by atoms with Gasteiger partial charge in [-0.25, -0.2) is 8.42 Å². The number of carbonyl (C=O) groups is 2.